The van der Waals surface area contributed by atoms with E-state index in [4.69, 9.17) is 4.74 Å². The highest BCUT2D eigenvalue weighted by Crippen LogP contribution is 2.26. The maximum atomic E-state index is 13.0. The molecule has 2 N–H and O–H groups in total. The Hall–Kier alpha value is -2.45. The van der Waals surface area contributed by atoms with Gasteiger partial charge in [-0.25, -0.2) is 9.07 Å². The number of carbonyl (C=O) groups is 1. The smallest absolute Gasteiger partial charge is 0.278 e. The monoisotopic (exact) mass is 335 g/mol. The molecule has 0 bridgehead atoms. The summed E-state index contributed by atoms with van der Waals surface area (Å²) in [5.74, 6) is -1.14. The van der Waals surface area contributed by atoms with Crippen molar-refractivity contribution in [2.24, 2.45) is 0 Å². The van der Waals surface area contributed by atoms with E-state index in [0.29, 0.717) is 18.7 Å². The molecule has 2 atom stereocenters. The van der Waals surface area contributed by atoms with Gasteiger partial charge in [-0.05, 0) is 30.7 Å². The third-order valence-electron chi connectivity index (χ3n) is 4.17. The number of benzene rings is 1. The minimum absolute atomic E-state index is 0.116. The van der Waals surface area contributed by atoms with Crippen LogP contribution in [-0.2, 0) is 4.74 Å². The van der Waals surface area contributed by atoms with Crippen LogP contribution in [0.3, 0.4) is 0 Å². The Morgan fingerprint density at radius 2 is 2.12 bits per heavy atom. The molecule has 0 radical (unpaired) electrons. The number of hydrogen-bond acceptors (Lipinski definition) is 5. The largest absolute Gasteiger partial charge is 0.504 e. The highest BCUT2D eigenvalue weighted by molar-refractivity contribution is 5.95. The number of halogens is 1. The second-order valence-corrected chi connectivity index (χ2v) is 5.67. The van der Waals surface area contributed by atoms with Crippen LogP contribution in [0, 0.1) is 5.82 Å². The molecule has 1 saturated heterocycles. The first-order valence-electron chi connectivity index (χ1n) is 7.52. The zero-order valence-corrected chi connectivity index (χ0v) is 13.1. The van der Waals surface area contributed by atoms with Crippen molar-refractivity contribution in [3.05, 3.63) is 42.0 Å². The number of rotatable bonds is 4. The fraction of sp³-hybridized carbons (Fsp3) is 0.375. The Kier molecular flexibility index (Phi) is 4.50. The number of aliphatic hydroxyl groups excluding tert-OH is 1. The first-order chi connectivity index (χ1) is 11.5. The fourth-order valence-electron chi connectivity index (χ4n) is 2.85. The first kappa shape index (κ1) is 16.4. The number of ether oxygens (including phenoxy) is 1. The van der Waals surface area contributed by atoms with Crippen LogP contribution in [0.1, 0.15) is 16.9 Å². The van der Waals surface area contributed by atoms with E-state index in [1.165, 1.54) is 40.0 Å². The van der Waals surface area contributed by atoms with Crippen molar-refractivity contribution in [2.75, 3.05) is 20.3 Å². The summed E-state index contributed by atoms with van der Waals surface area (Å²) in [4.78, 5) is 14.1. The number of carbonyl (C=O) groups excluding carboxylic acids is 1. The van der Waals surface area contributed by atoms with Crippen LogP contribution in [0.5, 0.6) is 5.75 Å². The molecule has 2 heterocycles. The van der Waals surface area contributed by atoms with Gasteiger partial charge in [0.2, 0.25) is 0 Å². The lowest BCUT2D eigenvalue weighted by molar-refractivity contribution is 0.0639. The summed E-state index contributed by atoms with van der Waals surface area (Å²) in [7, 11) is 1.55. The van der Waals surface area contributed by atoms with Crippen LogP contribution in [0.2, 0.25) is 0 Å². The zero-order chi connectivity index (χ0) is 17.3. The molecule has 7 nitrogen and oxygen atoms in total. The molecule has 0 unspecified atom stereocenters. The van der Waals surface area contributed by atoms with Gasteiger partial charge in [0.1, 0.15) is 5.82 Å². The lowest BCUT2D eigenvalue weighted by Crippen LogP contribution is -2.38. The molecule has 1 amide bonds. The van der Waals surface area contributed by atoms with Crippen molar-refractivity contribution in [3.8, 4) is 11.4 Å². The molecule has 2 aromatic rings. The molecule has 128 valence electrons. The maximum Gasteiger partial charge on any atom is 0.278 e. The number of aliphatic hydroxyl groups is 1. The number of aromatic hydroxyl groups is 1. The van der Waals surface area contributed by atoms with Gasteiger partial charge in [-0.2, -0.15) is 5.10 Å². The molecule has 1 fully saturated rings. The van der Waals surface area contributed by atoms with Gasteiger partial charge in [-0.1, -0.05) is 0 Å². The number of hydrogen-bond donors (Lipinski definition) is 2. The van der Waals surface area contributed by atoms with Crippen molar-refractivity contribution >= 4 is 5.91 Å². The lowest BCUT2D eigenvalue weighted by atomic mass is 10.2. The summed E-state index contributed by atoms with van der Waals surface area (Å²) in [6.45, 7) is 0.133. The molecule has 0 aliphatic carbocycles. The highest BCUT2D eigenvalue weighted by atomic mass is 19.1. The number of amides is 1. The van der Waals surface area contributed by atoms with Crippen LogP contribution in [0.4, 0.5) is 4.39 Å². The minimum Gasteiger partial charge on any atom is -0.504 e. The summed E-state index contributed by atoms with van der Waals surface area (Å²) >= 11 is 0. The van der Waals surface area contributed by atoms with Crippen LogP contribution in [0.15, 0.2) is 30.5 Å². The summed E-state index contributed by atoms with van der Waals surface area (Å²) in [5.41, 5.74) is 0.398. The van der Waals surface area contributed by atoms with Crippen molar-refractivity contribution in [1.82, 2.24) is 14.7 Å². The van der Waals surface area contributed by atoms with E-state index in [-0.39, 0.29) is 36.0 Å². The topological polar surface area (TPSA) is 87.8 Å². The van der Waals surface area contributed by atoms with Gasteiger partial charge in [0.25, 0.3) is 5.91 Å². The first-order valence-corrected chi connectivity index (χ1v) is 7.52. The van der Waals surface area contributed by atoms with Crippen molar-refractivity contribution < 1.29 is 24.1 Å². The van der Waals surface area contributed by atoms with E-state index in [1.54, 1.807) is 7.11 Å². The number of aromatic nitrogens is 2. The Bertz CT molecular complexity index is 731. The third-order valence-corrected chi connectivity index (χ3v) is 4.17. The lowest BCUT2D eigenvalue weighted by Gasteiger charge is -2.21. The number of nitrogens with zero attached hydrogens (tertiary/aromatic N) is 3. The molecular weight excluding hydrogens is 317 g/mol. The van der Waals surface area contributed by atoms with Gasteiger partial charge in [-0.15, -0.1) is 0 Å². The SMILES string of the molecule is CO[C@H]1C[C@@H](CO)N(C(=O)c2nn(-c3ccc(F)cc3)cc2O)C1. The Labute approximate surface area is 137 Å². The van der Waals surface area contributed by atoms with Crippen LogP contribution < -0.4 is 0 Å². The molecule has 8 heteroatoms. The molecule has 0 saturated carbocycles. The van der Waals surface area contributed by atoms with E-state index in [1.807, 2.05) is 0 Å². The van der Waals surface area contributed by atoms with Crippen LogP contribution >= 0.6 is 0 Å². The van der Waals surface area contributed by atoms with Gasteiger partial charge in [0.15, 0.2) is 11.4 Å². The molecule has 3 rings (SSSR count). The predicted molar refractivity (Wildman–Crippen MR) is 82.5 cm³/mol. The van der Waals surface area contributed by atoms with E-state index in [2.05, 4.69) is 5.10 Å². The summed E-state index contributed by atoms with van der Waals surface area (Å²) in [6.07, 6.45) is 1.66. The molecule has 0 spiro atoms. The Balaban J connectivity index is 1.87. The minimum atomic E-state index is -0.480. The van der Waals surface area contributed by atoms with E-state index in [9.17, 15) is 19.4 Å². The molecule has 1 aliphatic heterocycles. The second-order valence-electron chi connectivity index (χ2n) is 5.67. The molecule has 1 aromatic carbocycles. The number of methoxy groups -OCH3 is 1. The Morgan fingerprint density at radius 1 is 1.42 bits per heavy atom. The molecular formula is C16H18FN3O4. The second kappa shape index (κ2) is 6.58. The average molecular weight is 335 g/mol. The summed E-state index contributed by atoms with van der Waals surface area (Å²) < 4.78 is 19.5. The van der Waals surface area contributed by atoms with Crippen molar-refractivity contribution in [2.45, 2.75) is 18.6 Å². The van der Waals surface area contributed by atoms with Gasteiger partial charge >= 0.3 is 0 Å². The van der Waals surface area contributed by atoms with E-state index in [0.717, 1.165) is 0 Å². The summed E-state index contributed by atoms with van der Waals surface area (Å²) in [6, 6.07) is 5.13. The summed E-state index contributed by atoms with van der Waals surface area (Å²) in [5, 5.41) is 23.6. The van der Waals surface area contributed by atoms with Gasteiger partial charge < -0.3 is 19.8 Å². The van der Waals surface area contributed by atoms with Crippen LogP contribution in [-0.4, -0.2) is 63.2 Å². The molecule has 24 heavy (non-hydrogen) atoms. The van der Waals surface area contributed by atoms with Gasteiger partial charge in [-0.3, -0.25) is 4.79 Å². The fourth-order valence-corrected chi connectivity index (χ4v) is 2.85. The quantitative estimate of drug-likeness (QED) is 0.868. The van der Waals surface area contributed by atoms with Crippen molar-refractivity contribution in [1.29, 1.82) is 0 Å². The highest BCUT2D eigenvalue weighted by Gasteiger charge is 2.37. The van der Waals surface area contributed by atoms with Gasteiger partial charge in [0, 0.05) is 13.7 Å². The maximum absolute atomic E-state index is 13.0. The van der Waals surface area contributed by atoms with Crippen molar-refractivity contribution in [3.63, 3.8) is 0 Å². The average Bonchev–Trinajstić information content (AvgIpc) is 3.18. The molecule has 1 aromatic heterocycles. The van der Waals surface area contributed by atoms with Crippen LogP contribution in [0.25, 0.3) is 5.69 Å². The van der Waals surface area contributed by atoms with E-state index < -0.39 is 5.91 Å². The number of likely N-dealkylation sites (tertiary alicyclic amines) is 1. The zero-order valence-electron chi connectivity index (χ0n) is 13.1. The predicted octanol–water partition coefficient (Wildman–Crippen LogP) is 0.939. The van der Waals surface area contributed by atoms with Gasteiger partial charge in [0.05, 0.1) is 30.6 Å². The normalized spacial score (nSPS) is 20.5. The standard InChI is InChI=1S/C16H18FN3O4/c1-24-13-6-12(9-21)19(7-13)16(23)15-14(22)8-20(18-15)11-4-2-10(17)3-5-11/h2-5,8,12-13,21-22H,6-7,9H2,1H3/t12-,13-/m0/s1. The van der Waals surface area contributed by atoms with E-state index >= 15 is 0 Å². The third kappa shape index (κ3) is 2.98. The molecule has 1 aliphatic rings. The Morgan fingerprint density at radius 3 is 2.75 bits per heavy atom.